The van der Waals surface area contributed by atoms with Gasteiger partial charge in [-0.15, -0.1) is 0 Å². The average molecular weight is 408 g/mol. The number of amides is 2. The summed E-state index contributed by atoms with van der Waals surface area (Å²) in [6.07, 6.45) is 1.38. The number of carbonyl (C=O) groups excluding carboxylic acids is 1. The number of para-hydroxylation sites is 3. The standard InChI is InChI=1S/C22H20N2O4S/c1-28-21-15-9-8-10-18(21)16-17-29(26,27)23-22(25)24(19-11-4-2-5-12-19)20-13-6-3-7-14-20/h2-17H,1H3,(H,23,25)/b17-16+. The molecule has 3 aromatic carbocycles. The number of nitrogens with zero attached hydrogens (tertiary/aromatic N) is 1. The Morgan fingerprint density at radius 3 is 1.93 bits per heavy atom. The lowest BCUT2D eigenvalue weighted by atomic mass is 10.2. The zero-order valence-corrected chi connectivity index (χ0v) is 16.5. The van der Waals surface area contributed by atoms with Gasteiger partial charge < -0.3 is 4.74 Å². The molecule has 0 aliphatic rings. The summed E-state index contributed by atoms with van der Waals surface area (Å²) in [4.78, 5) is 14.2. The van der Waals surface area contributed by atoms with Gasteiger partial charge in [0.25, 0.3) is 10.0 Å². The molecule has 0 unspecified atom stereocenters. The topological polar surface area (TPSA) is 75.7 Å². The van der Waals surface area contributed by atoms with Crippen LogP contribution in [0.3, 0.4) is 0 Å². The first-order valence-electron chi connectivity index (χ1n) is 8.78. The monoisotopic (exact) mass is 408 g/mol. The molecule has 0 saturated carbocycles. The van der Waals surface area contributed by atoms with Crippen LogP contribution >= 0.6 is 0 Å². The Labute approximate surface area is 170 Å². The number of hydrogen-bond donors (Lipinski definition) is 1. The van der Waals surface area contributed by atoms with E-state index in [0.717, 1.165) is 5.41 Å². The molecule has 1 N–H and O–H groups in total. The van der Waals surface area contributed by atoms with Crippen LogP contribution in [0.1, 0.15) is 5.56 Å². The molecule has 0 aromatic heterocycles. The maximum absolute atomic E-state index is 12.9. The van der Waals surface area contributed by atoms with Crippen molar-refractivity contribution in [2.75, 3.05) is 12.0 Å². The molecule has 0 fully saturated rings. The fraction of sp³-hybridized carbons (Fsp3) is 0.0455. The van der Waals surface area contributed by atoms with Crippen molar-refractivity contribution in [1.82, 2.24) is 4.72 Å². The molecule has 0 atom stereocenters. The molecule has 0 heterocycles. The van der Waals surface area contributed by atoms with Gasteiger partial charge in [-0.2, -0.15) is 0 Å². The first-order chi connectivity index (χ1) is 14.0. The van der Waals surface area contributed by atoms with Crippen LogP contribution < -0.4 is 14.4 Å². The molecule has 0 bridgehead atoms. The molecule has 2 amide bonds. The van der Waals surface area contributed by atoms with Crippen LogP contribution in [0.2, 0.25) is 0 Å². The smallest absolute Gasteiger partial charge is 0.340 e. The molecule has 0 radical (unpaired) electrons. The number of nitrogens with one attached hydrogen (secondary N) is 1. The van der Waals surface area contributed by atoms with Crippen LogP contribution in [0, 0.1) is 0 Å². The zero-order chi connectivity index (χ0) is 20.7. The predicted molar refractivity (Wildman–Crippen MR) is 115 cm³/mol. The van der Waals surface area contributed by atoms with Gasteiger partial charge in [-0.05, 0) is 36.4 Å². The van der Waals surface area contributed by atoms with Gasteiger partial charge in [0.05, 0.1) is 23.9 Å². The molecule has 0 spiro atoms. The predicted octanol–water partition coefficient (Wildman–Crippen LogP) is 4.54. The lowest BCUT2D eigenvalue weighted by molar-refractivity contribution is 0.253. The molecule has 148 valence electrons. The maximum atomic E-state index is 12.9. The molecule has 0 saturated heterocycles. The van der Waals surface area contributed by atoms with Gasteiger partial charge in [-0.25, -0.2) is 17.9 Å². The highest BCUT2D eigenvalue weighted by Gasteiger charge is 2.21. The third-order valence-electron chi connectivity index (χ3n) is 4.03. The van der Waals surface area contributed by atoms with Crippen molar-refractivity contribution < 1.29 is 17.9 Å². The van der Waals surface area contributed by atoms with E-state index in [-0.39, 0.29) is 0 Å². The molecule has 3 aromatic rings. The zero-order valence-electron chi connectivity index (χ0n) is 15.7. The van der Waals surface area contributed by atoms with E-state index in [1.54, 1.807) is 72.8 Å². The highest BCUT2D eigenvalue weighted by Crippen LogP contribution is 2.25. The van der Waals surface area contributed by atoms with Crippen molar-refractivity contribution >= 4 is 33.5 Å². The van der Waals surface area contributed by atoms with Gasteiger partial charge in [0.15, 0.2) is 0 Å². The van der Waals surface area contributed by atoms with Crippen molar-refractivity contribution in [2.45, 2.75) is 0 Å². The number of ether oxygens (including phenoxy) is 1. The molecule has 0 aliphatic carbocycles. The lowest BCUT2D eigenvalue weighted by Gasteiger charge is -2.22. The van der Waals surface area contributed by atoms with Gasteiger partial charge in [-0.3, -0.25) is 4.90 Å². The number of rotatable bonds is 6. The van der Waals surface area contributed by atoms with Crippen LogP contribution in [0.5, 0.6) is 5.75 Å². The first kappa shape index (κ1) is 20.2. The summed E-state index contributed by atoms with van der Waals surface area (Å²) >= 11 is 0. The van der Waals surface area contributed by atoms with Crippen molar-refractivity contribution in [3.8, 4) is 5.75 Å². The minimum absolute atomic E-state index is 0.528. The highest BCUT2D eigenvalue weighted by atomic mass is 32.2. The fourth-order valence-corrected chi connectivity index (χ4v) is 3.43. The second kappa shape index (κ2) is 9.07. The molecule has 0 aliphatic heterocycles. The molecule has 29 heavy (non-hydrogen) atoms. The lowest BCUT2D eigenvalue weighted by Crippen LogP contribution is -2.39. The number of benzene rings is 3. The Morgan fingerprint density at radius 1 is 0.862 bits per heavy atom. The summed E-state index contributed by atoms with van der Waals surface area (Å²) in [5, 5.41) is 0.941. The van der Waals surface area contributed by atoms with Gasteiger partial charge in [0.1, 0.15) is 5.75 Å². The maximum Gasteiger partial charge on any atom is 0.340 e. The highest BCUT2D eigenvalue weighted by molar-refractivity contribution is 7.93. The number of carbonyl (C=O) groups is 1. The van der Waals surface area contributed by atoms with E-state index in [9.17, 15) is 13.2 Å². The SMILES string of the molecule is COc1ccccc1/C=C/S(=O)(=O)NC(=O)N(c1ccccc1)c1ccccc1. The summed E-state index contributed by atoms with van der Waals surface area (Å²) in [6, 6.07) is 23.8. The molecular weight excluding hydrogens is 388 g/mol. The summed E-state index contributed by atoms with van der Waals surface area (Å²) in [6.45, 7) is 0. The van der Waals surface area contributed by atoms with Gasteiger partial charge >= 0.3 is 6.03 Å². The molecular formula is C22H20N2O4S. The first-order valence-corrected chi connectivity index (χ1v) is 10.3. The van der Waals surface area contributed by atoms with Gasteiger partial charge in [-0.1, -0.05) is 54.6 Å². The summed E-state index contributed by atoms with van der Waals surface area (Å²) in [5.74, 6) is 0.528. The summed E-state index contributed by atoms with van der Waals surface area (Å²) in [5.41, 5.74) is 1.66. The van der Waals surface area contributed by atoms with Crippen LogP contribution in [-0.4, -0.2) is 21.6 Å². The molecule has 3 rings (SSSR count). The van der Waals surface area contributed by atoms with Crippen molar-refractivity contribution in [3.63, 3.8) is 0 Å². The average Bonchev–Trinajstić information content (AvgIpc) is 2.74. The van der Waals surface area contributed by atoms with E-state index in [4.69, 9.17) is 4.74 Å². The van der Waals surface area contributed by atoms with Crippen LogP contribution in [0.15, 0.2) is 90.3 Å². The number of hydrogen-bond acceptors (Lipinski definition) is 4. The number of sulfonamides is 1. The second-order valence-electron chi connectivity index (χ2n) is 6.00. The van der Waals surface area contributed by atoms with Gasteiger partial charge in [0.2, 0.25) is 0 Å². The third-order valence-corrected chi connectivity index (χ3v) is 4.98. The minimum Gasteiger partial charge on any atom is -0.496 e. The van der Waals surface area contributed by atoms with E-state index in [2.05, 4.69) is 4.72 Å². The van der Waals surface area contributed by atoms with Gasteiger partial charge in [0, 0.05) is 5.56 Å². The normalized spacial score (nSPS) is 11.2. The van der Waals surface area contributed by atoms with E-state index < -0.39 is 16.1 Å². The molecule has 6 nitrogen and oxygen atoms in total. The van der Waals surface area contributed by atoms with Crippen molar-refractivity contribution in [1.29, 1.82) is 0 Å². The second-order valence-corrected chi connectivity index (χ2v) is 7.57. The Hall–Kier alpha value is -3.58. The van der Waals surface area contributed by atoms with Crippen LogP contribution in [-0.2, 0) is 10.0 Å². The Bertz CT molecular complexity index is 1060. The number of urea groups is 1. The third kappa shape index (κ3) is 5.24. The van der Waals surface area contributed by atoms with E-state index in [1.165, 1.54) is 18.1 Å². The molecule has 7 heteroatoms. The van der Waals surface area contributed by atoms with Crippen molar-refractivity contribution in [3.05, 3.63) is 95.9 Å². The fourth-order valence-electron chi connectivity index (χ4n) is 2.71. The number of methoxy groups -OCH3 is 1. The Balaban J connectivity index is 1.86. The summed E-state index contributed by atoms with van der Waals surface area (Å²) < 4.78 is 32.3. The quantitative estimate of drug-likeness (QED) is 0.650. The van der Waals surface area contributed by atoms with Crippen molar-refractivity contribution in [2.24, 2.45) is 0 Å². The summed E-state index contributed by atoms with van der Waals surface area (Å²) in [7, 11) is -2.54. The van der Waals surface area contributed by atoms with E-state index >= 15 is 0 Å². The largest absolute Gasteiger partial charge is 0.496 e. The Morgan fingerprint density at radius 2 is 1.38 bits per heavy atom. The van der Waals surface area contributed by atoms with E-state index in [0.29, 0.717) is 22.7 Å². The van der Waals surface area contributed by atoms with Crippen LogP contribution in [0.25, 0.3) is 6.08 Å². The van der Waals surface area contributed by atoms with E-state index in [1.807, 2.05) is 12.1 Å². The van der Waals surface area contributed by atoms with Crippen LogP contribution in [0.4, 0.5) is 16.2 Å². The Kier molecular flexibility index (Phi) is 6.31. The number of anilines is 2. The minimum atomic E-state index is -4.04.